The van der Waals surface area contributed by atoms with Crippen LogP contribution in [0.3, 0.4) is 0 Å². The molecular formula is C9H14N2O6. The van der Waals surface area contributed by atoms with Crippen LogP contribution in [0.2, 0.25) is 0 Å². The van der Waals surface area contributed by atoms with Crippen molar-refractivity contribution in [1.82, 2.24) is 10.2 Å². The zero-order valence-corrected chi connectivity index (χ0v) is 8.94. The summed E-state index contributed by atoms with van der Waals surface area (Å²) in [5.41, 5.74) is 0. The summed E-state index contributed by atoms with van der Waals surface area (Å²) in [6.45, 7) is -0.263. The maximum atomic E-state index is 11.6. The Bertz CT molecular complexity index is 319. The molecule has 0 aromatic heterocycles. The van der Waals surface area contributed by atoms with E-state index in [-0.39, 0.29) is 13.0 Å². The van der Waals surface area contributed by atoms with Crippen LogP contribution in [0.5, 0.6) is 0 Å². The number of nitrogens with one attached hydrogen (secondary N) is 1. The normalized spacial score (nSPS) is 38.4. The number of carbonyl (C=O) groups excluding carboxylic acids is 2. The van der Waals surface area contributed by atoms with E-state index < -0.39 is 43.1 Å². The summed E-state index contributed by atoms with van der Waals surface area (Å²) in [6.07, 6.45) is -4.89. The minimum Gasteiger partial charge on any atom is -0.394 e. The second-order valence-corrected chi connectivity index (χ2v) is 3.97. The smallest absolute Gasteiger partial charge is 0.326 e. The molecule has 2 rings (SSSR count). The first-order valence-corrected chi connectivity index (χ1v) is 5.28. The molecule has 0 aromatic rings. The van der Waals surface area contributed by atoms with Gasteiger partial charge in [0.2, 0.25) is 5.91 Å². The van der Waals surface area contributed by atoms with Crippen molar-refractivity contribution >= 4 is 11.9 Å². The first kappa shape index (κ1) is 12.2. The summed E-state index contributed by atoms with van der Waals surface area (Å²) in [5.74, 6) is -0.483. The zero-order valence-electron chi connectivity index (χ0n) is 8.94. The van der Waals surface area contributed by atoms with Crippen LogP contribution in [0.1, 0.15) is 6.42 Å². The highest BCUT2D eigenvalue weighted by Gasteiger charge is 2.49. The van der Waals surface area contributed by atoms with Crippen LogP contribution < -0.4 is 5.32 Å². The average Bonchev–Trinajstić information content (AvgIpc) is 2.57. The van der Waals surface area contributed by atoms with Crippen molar-refractivity contribution in [3.63, 3.8) is 0 Å². The average molecular weight is 246 g/mol. The molecule has 8 heteroatoms. The number of carbonyl (C=O) groups is 2. The molecule has 2 saturated heterocycles. The molecule has 8 nitrogen and oxygen atoms in total. The molecule has 2 aliphatic rings. The van der Waals surface area contributed by atoms with Gasteiger partial charge in [0.05, 0.1) is 6.61 Å². The van der Waals surface area contributed by atoms with Crippen LogP contribution in [0, 0.1) is 0 Å². The maximum Gasteiger partial charge on any atom is 0.326 e. The van der Waals surface area contributed by atoms with Crippen molar-refractivity contribution < 1.29 is 29.6 Å². The Morgan fingerprint density at radius 2 is 2.06 bits per heavy atom. The lowest BCUT2D eigenvalue weighted by molar-refractivity contribution is -0.146. The van der Waals surface area contributed by atoms with Crippen molar-refractivity contribution in [2.45, 2.75) is 31.0 Å². The van der Waals surface area contributed by atoms with Crippen molar-refractivity contribution in [1.29, 1.82) is 0 Å². The number of hydrogen-bond donors (Lipinski definition) is 4. The fourth-order valence-corrected chi connectivity index (χ4v) is 1.95. The number of nitrogens with zero attached hydrogens (tertiary/aromatic N) is 1. The lowest BCUT2D eigenvalue weighted by atomic mass is 10.1. The lowest BCUT2D eigenvalue weighted by Gasteiger charge is -2.31. The standard InChI is InChI=1S/C9H14N2O6/c12-3-4-6(14)7(15)8(17-4)11-5(13)1-2-10-9(11)16/h4,6-8,12,14-15H,1-3H2,(H,10,16)/t4-,6-,7+,8?/m1/s1. The minimum absolute atomic E-state index is 0.109. The van der Waals surface area contributed by atoms with Crippen molar-refractivity contribution in [3.05, 3.63) is 0 Å². The van der Waals surface area contributed by atoms with Crippen molar-refractivity contribution in [2.24, 2.45) is 0 Å². The van der Waals surface area contributed by atoms with Gasteiger partial charge in [-0.1, -0.05) is 0 Å². The van der Waals surface area contributed by atoms with Gasteiger partial charge in [0.1, 0.15) is 18.3 Å². The molecule has 1 unspecified atom stereocenters. The van der Waals surface area contributed by atoms with E-state index in [9.17, 15) is 19.8 Å². The van der Waals surface area contributed by atoms with Gasteiger partial charge in [-0.3, -0.25) is 4.79 Å². The molecule has 3 amide bonds. The molecule has 2 heterocycles. The third-order valence-electron chi connectivity index (χ3n) is 2.87. The molecule has 4 N–H and O–H groups in total. The Morgan fingerprint density at radius 1 is 1.35 bits per heavy atom. The summed E-state index contributed by atoms with van der Waals surface area (Å²) < 4.78 is 5.11. The molecule has 0 aromatic carbocycles. The van der Waals surface area contributed by atoms with Crippen LogP contribution in [-0.4, -0.2) is 69.8 Å². The van der Waals surface area contributed by atoms with Crippen LogP contribution >= 0.6 is 0 Å². The molecule has 4 atom stereocenters. The second kappa shape index (κ2) is 4.57. The Kier molecular flexibility index (Phi) is 3.29. The lowest BCUT2D eigenvalue weighted by Crippen LogP contribution is -2.57. The summed E-state index contributed by atoms with van der Waals surface area (Å²) in [6, 6.07) is -0.670. The Labute approximate surface area is 96.8 Å². The first-order chi connectivity index (χ1) is 8.06. The van der Waals surface area contributed by atoms with Gasteiger partial charge in [0, 0.05) is 13.0 Å². The zero-order chi connectivity index (χ0) is 12.6. The third-order valence-corrected chi connectivity index (χ3v) is 2.87. The predicted octanol–water partition coefficient (Wildman–Crippen LogP) is -2.63. The third kappa shape index (κ3) is 2.00. The SMILES string of the molecule is O=C1CCNC(=O)N1C1O[C@H](CO)[C@@H](O)[C@@H]1O. The molecular weight excluding hydrogens is 232 g/mol. The summed E-state index contributed by atoms with van der Waals surface area (Å²) >= 11 is 0. The number of amides is 3. The van der Waals surface area contributed by atoms with Crippen molar-refractivity contribution in [2.75, 3.05) is 13.2 Å². The number of rotatable bonds is 2. The van der Waals surface area contributed by atoms with E-state index in [4.69, 9.17) is 9.84 Å². The molecule has 96 valence electrons. The van der Waals surface area contributed by atoms with Gasteiger partial charge >= 0.3 is 6.03 Å². The minimum atomic E-state index is -1.42. The number of ether oxygens (including phenoxy) is 1. The number of hydrogen-bond acceptors (Lipinski definition) is 6. The maximum absolute atomic E-state index is 11.6. The fourth-order valence-electron chi connectivity index (χ4n) is 1.95. The molecule has 2 fully saturated rings. The number of imide groups is 1. The van der Waals surface area contributed by atoms with Gasteiger partial charge in [0.15, 0.2) is 6.23 Å². The van der Waals surface area contributed by atoms with Gasteiger partial charge in [0.25, 0.3) is 0 Å². The number of aliphatic hydroxyl groups excluding tert-OH is 3. The molecule has 2 aliphatic heterocycles. The Morgan fingerprint density at radius 3 is 2.59 bits per heavy atom. The monoisotopic (exact) mass is 246 g/mol. The van der Waals surface area contributed by atoms with Crippen LogP contribution in [0.25, 0.3) is 0 Å². The topological polar surface area (TPSA) is 119 Å². The first-order valence-electron chi connectivity index (χ1n) is 5.28. The highest BCUT2D eigenvalue weighted by Crippen LogP contribution is 2.25. The Balaban J connectivity index is 2.16. The van der Waals surface area contributed by atoms with E-state index in [1.165, 1.54) is 0 Å². The van der Waals surface area contributed by atoms with Gasteiger partial charge in [-0.2, -0.15) is 0 Å². The van der Waals surface area contributed by atoms with E-state index in [0.29, 0.717) is 0 Å². The number of urea groups is 1. The summed E-state index contributed by atoms with van der Waals surface area (Å²) in [5, 5.41) is 30.6. The van der Waals surface area contributed by atoms with Crippen LogP contribution in [0.15, 0.2) is 0 Å². The Hall–Kier alpha value is -1.22. The largest absolute Gasteiger partial charge is 0.394 e. The highest BCUT2D eigenvalue weighted by molar-refractivity contribution is 5.97. The molecule has 0 bridgehead atoms. The van der Waals surface area contributed by atoms with E-state index in [1.807, 2.05) is 0 Å². The second-order valence-electron chi connectivity index (χ2n) is 3.97. The molecule has 0 aliphatic carbocycles. The molecule has 0 spiro atoms. The van der Waals surface area contributed by atoms with E-state index in [0.717, 1.165) is 4.90 Å². The van der Waals surface area contributed by atoms with Gasteiger partial charge in [-0.05, 0) is 0 Å². The van der Waals surface area contributed by atoms with Crippen LogP contribution in [-0.2, 0) is 9.53 Å². The molecule has 0 saturated carbocycles. The van der Waals surface area contributed by atoms with E-state index >= 15 is 0 Å². The molecule has 0 radical (unpaired) electrons. The number of aliphatic hydroxyl groups is 3. The fraction of sp³-hybridized carbons (Fsp3) is 0.778. The van der Waals surface area contributed by atoms with Gasteiger partial charge < -0.3 is 25.4 Å². The molecule has 17 heavy (non-hydrogen) atoms. The highest BCUT2D eigenvalue weighted by atomic mass is 16.6. The predicted molar refractivity (Wildman–Crippen MR) is 52.6 cm³/mol. The van der Waals surface area contributed by atoms with Gasteiger partial charge in [-0.25, -0.2) is 9.69 Å². The van der Waals surface area contributed by atoms with E-state index in [1.54, 1.807) is 0 Å². The quantitative estimate of drug-likeness (QED) is 0.423. The van der Waals surface area contributed by atoms with Crippen molar-refractivity contribution in [3.8, 4) is 0 Å². The summed E-state index contributed by atoms with van der Waals surface area (Å²) in [4.78, 5) is 23.8. The van der Waals surface area contributed by atoms with Crippen LogP contribution in [0.4, 0.5) is 4.79 Å². The van der Waals surface area contributed by atoms with E-state index in [2.05, 4.69) is 5.32 Å². The summed E-state index contributed by atoms with van der Waals surface area (Å²) in [7, 11) is 0. The van der Waals surface area contributed by atoms with Gasteiger partial charge in [-0.15, -0.1) is 0 Å².